The SMILES string of the molecule is C=CC(=O)Nc1cnc2c(c1)c(C)cn2-c1ccc(C(C)C)cc1.C=CC(=O)Nc1cnc2c(c1)c(C)nn2-c1ccc(C(F)(F)F)cc1.CC.[HH].[HH]. The van der Waals surface area contributed by atoms with Crippen molar-refractivity contribution in [2.75, 3.05) is 10.6 Å². The van der Waals surface area contributed by atoms with Gasteiger partial charge in [-0.1, -0.05) is 53.0 Å². The molecule has 0 saturated carbocycles. The molecule has 6 aromatic rings. The second-order valence-corrected chi connectivity index (χ2v) is 11.5. The van der Waals surface area contributed by atoms with Gasteiger partial charge in [-0.05, 0) is 91.6 Å². The Morgan fingerprint density at radius 3 is 1.82 bits per heavy atom. The molecule has 6 rings (SSSR count). The number of aromatic nitrogens is 5. The minimum Gasteiger partial charge on any atom is -0.321 e. The molecule has 0 aliphatic rings. The fourth-order valence-corrected chi connectivity index (χ4v) is 5.12. The number of nitrogens with zero attached hydrogens (tertiary/aromatic N) is 5. The molecule has 0 atom stereocenters. The lowest BCUT2D eigenvalue weighted by Gasteiger charge is -2.09. The van der Waals surface area contributed by atoms with Crippen LogP contribution in [0, 0.1) is 13.8 Å². The maximum absolute atomic E-state index is 12.7. The van der Waals surface area contributed by atoms with E-state index in [1.807, 2.05) is 26.8 Å². The lowest BCUT2D eigenvalue weighted by molar-refractivity contribution is -0.137. The predicted molar refractivity (Wildman–Crippen MR) is 202 cm³/mol. The van der Waals surface area contributed by atoms with E-state index >= 15 is 0 Å². The van der Waals surface area contributed by atoms with Crippen LogP contribution in [0.4, 0.5) is 24.5 Å². The Kier molecular flexibility index (Phi) is 11.9. The van der Waals surface area contributed by atoms with Gasteiger partial charge in [0, 0.05) is 25.5 Å². The monoisotopic (exact) mass is 699 g/mol. The largest absolute Gasteiger partial charge is 0.416 e. The van der Waals surface area contributed by atoms with Gasteiger partial charge in [-0.2, -0.15) is 18.3 Å². The number of carbonyl (C=O) groups excluding carboxylic acids is 2. The van der Waals surface area contributed by atoms with E-state index in [-0.39, 0.29) is 14.7 Å². The Bertz CT molecular complexity index is 2190. The molecule has 0 fully saturated rings. The number of fused-ring (bicyclic) bond motifs is 2. The summed E-state index contributed by atoms with van der Waals surface area (Å²) in [5, 5.41) is 11.4. The summed E-state index contributed by atoms with van der Waals surface area (Å²) in [7, 11) is 0. The highest BCUT2D eigenvalue weighted by Crippen LogP contribution is 2.31. The van der Waals surface area contributed by atoms with Crippen LogP contribution in [0.25, 0.3) is 33.4 Å². The van der Waals surface area contributed by atoms with Gasteiger partial charge in [0.05, 0.1) is 40.7 Å². The van der Waals surface area contributed by atoms with Crippen LogP contribution in [0.15, 0.2) is 105 Å². The van der Waals surface area contributed by atoms with Crippen LogP contribution in [0.2, 0.25) is 0 Å². The number of anilines is 2. The topological polar surface area (TPSA) is 107 Å². The Labute approximate surface area is 297 Å². The second kappa shape index (κ2) is 16.1. The minimum absolute atomic E-state index is 0. The molecule has 2 aromatic carbocycles. The number of halogens is 3. The summed E-state index contributed by atoms with van der Waals surface area (Å²) in [6.07, 6.45) is 3.19. The quantitative estimate of drug-likeness (QED) is 0.161. The number of benzene rings is 2. The highest BCUT2D eigenvalue weighted by Gasteiger charge is 2.30. The number of alkyl halides is 3. The molecule has 9 nitrogen and oxygen atoms in total. The average Bonchev–Trinajstić information content (AvgIpc) is 3.64. The average molecular weight is 700 g/mol. The van der Waals surface area contributed by atoms with Gasteiger partial charge in [-0.3, -0.25) is 9.59 Å². The van der Waals surface area contributed by atoms with Gasteiger partial charge in [0.15, 0.2) is 5.65 Å². The first kappa shape index (κ1) is 37.8. The third kappa shape index (κ3) is 8.77. The number of nitrogens with one attached hydrogen (secondary N) is 2. The van der Waals surface area contributed by atoms with Crippen LogP contribution >= 0.6 is 0 Å². The number of amides is 2. The number of aryl methyl sites for hydroxylation is 2. The molecule has 12 heteroatoms. The molecule has 0 radical (unpaired) electrons. The van der Waals surface area contributed by atoms with E-state index < -0.39 is 11.7 Å². The zero-order chi connectivity index (χ0) is 37.5. The first-order chi connectivity index (χ1) is 24.3. The van der Waals surface area contributed by atoms with Gasteiger partial charge in [0.1, 0.15) is 5.65 Å². The van der Waals surface area contributed by atoms with Crippen LogP contribution in [0.5, 0.6) is 0 Å². The van der Waals surface area contributed by atoms with Crippen molar-refractivity contribution in [2.45, 2.75) is 53.6 Å². The van der Waals surface area contributed by atoms with Crippen molar-refractivity contribution < 1.29 is 25.6 Å². The van der Waals surface area contributed by atoms with Crippen molar-refractivity contribution in [3.8, 4) is 11.4 Å². The Morgan fingerprint density at radius 2 is 1.31 bits per heavy atom. The molecule has 2 amide bonds. The fourth-order valence-electron chi connectivity index (χ4n) is 5.12. The van der Waals surface area contributed by atoms with E-state index in [1.165, 1.54) is 34.7 Å². The molecule has 0 aliphatic carbocycles. The van der Waals surface area contributed by atoms with Crippen LogP contribution in [0.1, 0.15) is 58.9 Å². The van der Waals surface area contributed by atoms with Crippen LogP contribution in [-0.2, 0) is 15.8 Å². The molecule has 0 spiro atoms. The zero-order valence-electron chi connectivity index (χ0n) is 29.3. The van der Waals surface area contributed by atoms with Crippen molar-refractivity contribution in [3.63, 3.8) is 0 Å². The number of pyridine rings is 2. The Balaban J connectivity index is 0.000000338. The lowest BCUT2D eigenvalue weighted by Crippen LogP contribution is -2.07. The molecule has 0 bridgehead atoms. The van der Waals surface area contributed by atoms with Crippen LogP contribution in [-0.4, -0.2) is 36.1 Å². The smallest absolute Gasteiger partial charge is 0.321 e. The summed E-state index contributed by atoms with van der Waals surface area (Å²) in [6.45, 7) is 19.0. The Hall–Kier alpha value is -6.04. The molecular formula is C39H44F3N7O2. The summed E-state index contributed by atoms with van der Waals surface area (Å²) in [6, 6.07) is 16.8. The molecule has 0 unspecified atom stereocenters. The predicted octanol–water partition coefficient (Wildman–Crippen LogP) is 9.97. The summed E-state index contributed by atoms with van der Waals surface area (Å²) < 4.78 is 41.6. The van der Waals surface area contributed by atoms with E-state index in [2.05, 4.69) is 87.7 Å². The highest BCUT2D eigenvalue weighted by molar-refractivity contribution is 6.00. The molecule has 51 heavy (non-hydrogen) atoms. The molecule has 0 saturated heterocycles. The molecule has 4 heterocycles. The van der Waals surface area contributed by atoms with Gasteiger partial charge < -0.3 is 15.2 Å². The third-order valence-corrected chi connectivity index (χ3v) is 7.73. The van der Waals surface area contributed by atoms with Crippen molar-refractivity contribution in [3.05, 3.63) is 127 Å². The third-order valence-electron chi connectivity index (χ3n) is 7.73. The van der Waals surface area contributed by atoms with Crippen LogP contribution in [0.3, 0.4) is 0 Å². The minimum atomic E-state index is -4.39. The van der Waals surface area contributed by atoms with Gasteiger partial charge >= 0.3 is 6.18 Å². The summed E-state index contributed by atoms with van der Waals surface area (Å²) in [5.41, 5.74) is 6.37. The van der Waals surface area contributed by atoms with Crippen LogP contribution < -0.4 is 10.6 Å². The lowest BCUT2D eigenvalue weighted by atomic mass is 10.0. The maximum Gasteiger partial charge on any atom is 0.416 e. The highest BCUT2D eigenvalue weighted by atomic mass is 19.4. The molecule has 268 valence electrons. The summed E-state index contributed by atoms with van der Waals surface area (Å²) >= 11 is 0. The first-order valence-corrected chi connectivity index (χ1v) is 16.3. The first-order valence-electron chi connectivity index (χ1n) is 16.3. The number of rotatable bonds is 7. The Morgan fingerprint density at radius 1 is 0.804 bits per heavy atom. The van der Waals surface area contributed by atoms with Crippen molar-refractivity contribution in [1.82, 2.24) is 24.3 Å². The van der Waals surface area contributed by atoms with E-state index in [4.69, 9.17) is 0 Å². The van der Waals surface area contributed by atoms with Gasteiger partial charge in [-0.15, -0.1) is 0 Å². The van der Waals surface area contributed by atoms with Gasteiger partial charge in [0.25, 0.3) is 0 Å². The maximum atomic E-state index is 12.7. The van der Waals surface area contributed by atoms with E-state index in [1.54, 1.807) is 19.2 Å². The molecule has 0 aliphatic heterocycles. The van der Waals surface area contributed by atoms with Crippen molar-refractivity contribution in [1.29, 1.82) is 0 Å². The van der Waals surface area contributed by atoms with Gasteiger partial charge in [-0.25, -0.2) is 14.6 Å². The van der Waals surface area contributed by atoms with E-state index in [9.17, 15) is 22.8 Å². The number of hydrogen-bond donors (Lipinski definition) is 2. The second-order valence-electron chi connectivity index (χ2n) is 11.5. The van der Waals surface area contributed by atoms with E-state index in [0.29, 0.717) is 39.7 Å². The number of carbonyl (C=O) groups is 2. The van der Waals surface area contributed by atoms with Gasteiger partial charge in [0.2, 0.25) is 11.8 Å². The molecule has 4 aromatic heterocycles. The summed E-state index contributed by atoms with van der Waals surface area (Å²) in [5.74, 6) is -0.0946. The van der Waals surface area contributed by atoms with Crippen molar-refractivity contribution in [2.24, 2.45) is 0 Å². The van der Waals surface area contributed by atoms with E-state index in [0.717, 1.165) is 40.5 Å². The number of hydrogen-bond acceptors (Lipinski definition) is 5. The van der Waals surface area contributed by atoms with Crippen molar-refractivity contribution >= 4 is 45.3 Å². The summed E-state index contributed by atoms with van der Waals surface area (Å²) in [4.78, 5) is 31.6. The molecular weight excluding hydrogens is 655 g/mol. The molecule has 2 N–H and O–H groups in total. The fraction of sp³-hybridized carbons (Fsp3) is 0.205. The normalized spacial score (nSPS) is 10.9. The standard InChI is InChI=1S/C20H21N3O.C17H13F3N4O.C2H6.2H2/c1-5-19(24)22-16-10-18-14(4)12-23(20(18)21-11-16)17-8-6-15(7-9-17)13(2)3;1-3-15(25)22-12-8-14-10(2)23-24(16(14)21-9-12)13-6-4-11(5-7-13)17(18,19)20;1-2;;/h5-13H,1H2,2-4H3,(H,22,24);3-9H,1H2,2H3,(H,22,25);1-2H3;2*1H. The zero-order valence-corrected chi connectivity index (χ0v) is 29.3.